The number of hydrogen-bond acceptors (Lipinski definition) is 5. The molecule has 1 heterocycles. The molecule has 2 aromatic carbocycles. The van der Waals surface area contributed by atoms with Crippen LogP contribution in [-0.4, -0.2) is 36.0 Å². The topological polar surface area (TPSA) is 71.5 Å². The summed E-state index contributed by atoms with van der Waals surface area (Å²) in [7, 11) is 3.08. The standard InChI is InChI=1S/C23H21N3O3S/c1-16-24-14-21(30-16)15-26(2)23(28)25-20-9-5-7-18(13-20)11-10-17-6-4-8-19(12-17)22(27)29-3/h4-9,12-14H,15H2,1-3H3,(H,25,28). The maximum Gasteiger partial charge on any atom is 0.337 e. The molecule has 1 N–H and O–H groups in total. The van der Waals surface area contributed by atoms with Crippen molar-refractivity contribution in [2.45, 2.75) is 13.5 Å². The van der Waals surface area contributed by atoms with Gasteiger partial charge >= 0.3 is 12.0 Å². The number of amides is 2. The van der Waals surface area contributed by atoms with Crippen LogP contribution in [0.5, 0.6) is 0 Å². The Labute approximate surface area is 179 Å². The molecule has 0 aliphatic carbocycles. The van der Waals surface area contributed by atoms with Crippen molar-refractivity contribution in [1.29, 1.82) is 0 Å². The Kier molecular flexibility index (Phi) is 6.83. The van der Waals surface area contributed by atoms with Crippen LogP contribution in [0.1, 0.15) is 31.4 Å². The first-order chi connectivity index (χ1) is 14.4. The molecule has 3 aromatic rings. The van der Waals surface area contributed by atoms with Crippen molar-refractivity contribution in [3.8, 4) is 11.8 Å². The smallest absolute Gasteiger partial charge is 0.337 e. The van der Waals surface area contributed by atoms with Gasteiger partial charge in [0, 0.05) is 34.9 Å². The van der Waals surface area contributed by atoms with Crippen LogP contribution in [0, 0.1) is 18.8 Å². The lowest BCUT2D eigenvalue weighted by molar-refractivity contribution is 0.0600. The van der Waals surface area contributed by atoms with Gasteiger partial charge in [-0.15, -0.1) is 11.3 Å². The molecule has 0 spiro atoms. The quantitative estimate of drug-likeness (QED) is 0.506. The molecule has 0 aliphatic rings. The van der Waals surface area contributed by atoms with Gasteiger partial charge in [-0.3, -0.25) is 0 Å². The molecule has 152 valence electrons. The fourth-order valence-corrected chi connectivity index (χ4v) is 3.51. The van der Waals surface area contributed by atoms with E-state index in [1.165, 1.54) is 7.11 Å². The van der Waals surface area contributed by atoms with Gasteiger partial charge < -0.3 is 15.0 Å². The van der Waals surface area contributed by atoms with Crippen molar-refractivity contribution >= 4 is 29.0 Å². The van der Waals surface area contributed by atoms with E-state index < -0.39 is 5.97 Å². The molecule has 0 saturated carbocycles. The van der Waals surface area contributed by atoms with Gasteiger partial charge in [0.2, 0.25) is 0 Å². The van der Waals surface area contributed by atoms with Crippen LogP contribution in [-0.2, 0) is 11.3 Å². The molecule has 0 saturated heterocycles. The normalized spacial score (nSPS) is 9.97. The molecular formula is C23H21N3O3S. The van der Waals surface area contributed by atoms with Crippen molar-refractivity contribution in [1.82, 2.24) is 9.88 Å². The lowest BCUT2D eigenvalue weighted by atomic mass is 10.1. The Morgan fingerprint density at radius 1 is 1.13 bits per heavy atom. The van der Waals surface area contributed by atoms with E-state index >= 15 is 0 Å². The minimum Gasteiger partial charge on any atom is -0.465 e. The third-order valence-corrected chi connectivity index (χ3v) is 5.06. The SMILES string of the molecule is COC(=O)c1cccc(C#Cc2cccc(NC(=O)N(C)Cc3cnc(C)s3)c2)c1. The summed E-state index contributed by atoms with van der Waals surface area (Å²) in [5.41, 5.74) is 2.55. The highest BCUT2D eigenvalue weighted by Crippen LogP contribution is 2.15. The van der Waals surface area contributed by atoms with Gasteiger partial charge in [-0.2, -0.15) is 0 Å². The molecule has 6 nitrogen and oxygen atoms in total. The van der Waals surface area contributed by atoms with Gasteiger partial charge in [-0.05, 0) is 43.3 Å². The summed E-state index contributed by atoms with van der Waals surface area (Å²) in [6, 6.07) is 14.0. The largest absolute Gasteiger partial charge is 0.465 e. The molecule has 2 amide bonds. The second-order valence-corrected chi connectivity index (χ2v) is 7.85. The zero-order chi connectivity index (χ0) is 21.5. The summed E-state index contributed by atoms with van der Waals surface area (Å²) in [6.45, 7) is 2.43. The van der Waals surface area contributed by atoms with Gasteiger partial charge in [-0.1, -0.05) is 24.0 Å². The first-order valence-electron chi connectivity index (χ1n) is 9.18. The summed E-state index contributed by atoms with van der Waals surface area (Å²) in [4.78, 5) is 30.9. The van der Waals surface area contributed by atoms with E-state index in [4.69, 9.17) is 4.74 Å². The number of carbonyl (C=O) groups excluding carboxylic acids is 2. The Morgan fingerprint density at radius 3 is 2.50 bits per heavy atom. The number of aryl methyl sites for hydroxylation is 1. The van der Waals surface area contributed by atoms with Crippen molar-refractivity contribution in [2.75, 3.05) is 19.5 Å². The van der Waals surface area contributed by atoms with Gasteiger partial charge in [0.25, 0.3) is 0 Å². The summed E-state index contributed by atoms with van der Waals surface area (Å²) in [6.07, 6.45) is 1.79. The lowest BCUT2D eigenvalue weighted by Crippen LogP contribution is -2.30. The number of methoxy groups -OCH3 is 1. The Hall–Kier alpha value is -3.63. The fourth-order valence-electron chi connectivity index (χ4n) is 2.66. The number of anilines is 1. The van der Waals surface area contributed by atoms with E-state index in [1.54, 1.807) is 53.7 Å². The van der Waals surface area contributed by atoms with Gasteiger partial charge in [-0.25, -0.2) is 14.6 Å². The maximum atomic E-state index is 12.5. The number of benzene rings is 2. The van der Waals surface area contributed by atoms with E-state index in [2.05, 4.69) is 22.1 Å². The third kappa shape index (κ3) is 5.69. The van der Waals surface area contributed by atoms with E-state index in [9.17, 15) is 9.59 Å². The number of nitrogens with zero attached hydrogens (tertiary/aromatic N) is 2. The second-order valence-electron chi connectivity index (χ2n) is 6.53. The molecule has 1 aromatic heterocycles. The molecule has 0 atom stereocenters. The molecule has 0 radical (unpaired) electrons. The molecule has 30 heavy (non-hydrogen) atoms. The van der Waals surface area contributed by atoms with Crippen LogP contribution in [0.15, 0.2) is 54.7 Å². The lowest BCUT2D eigenvalue weighted by Gasteiger charge is -2.17. The molecule has 0 unspecified atom stereocenters. The summed E-state index contributed by atoms with van der Waals surface area (Å²) >= 11 is 1.57. The number of urea groups is 1. The number of hydrogen-bond donors (Lipinski definition) is 1. The molecule has 0 fully saturated rings. The van der Waals surface area contributed by atoms with Gasteiger partial charge in [0.15, 0.2) is 0 Å². The van der Waals surface area contributed by atoms with Crippen molar-refractivity contribution in [3.05, 3.63) is 81.3 Å². The number of nitrogens with one attached hydrogen (secondary N) is 1. The van der Waals surface area contributed by atoms with Crippen LogP contribution < -0.4 is 5.32 Å². The van der Waals surface area contributed by atoms with E-state index in [0.29, 0.717) is 23.4 Å². The van der Waals surface area contributed by atoms with Crippen molar-refractivity contribution in [2.24, 2.45) is 0 Å². The van der Waals surface area contributed by atoms with Gasteiger partial charge in [0.05, 0.1) is 24.2 Å². The first kappa shape index (κ1) is 21.1. The minimum atomic E-state index is -0.402. The number of carbonyl (C=O) groups is 2. The van der Waals surface area contributed by atoms with Crippen LogP contribution >= 0.6 is 11.3 Å². The molecular weight excluding hydrogens is 398 g/mol. The number of ether oxygens (including phenoxy) is 1. The van der Waals surface area contributed by atoms with E-state index in [1.807, 2.05) is 31.2 Å². The average molecular weight is 420 g/mol. The van der Waals surface area contributed by atoms with Crippen LogP contribution in [0.3, 0.4) is 0 Å². The minimum absolute atomic E-state index is 0.211. The molecule has 7 heteroatoms. The maximum absolute atomic E-state index is 12.5. The van der Waals surface area contributed by atoms with E-state index in [0.717, 1.165) is 15.4 Å². The fraction of sp³-hybridized carbons (Fsp3) is 0.174. The highest BCUT2D eigenvalue weighted by Gasteiger charge is 2.11. The summed E-state index contributed by atoms with van der Waals surface area (Å²) < 4.78 is 4.73. The molecule has 0 aliphatic heterocycles. The predicted octanol–water partition coefficient (Wildman–Crippen LogP) is 4.30. The van der Waals surface area contributed by atoms with Crippen molar-refractivity contribution in [3.63, 3.8) is 0 Å². The van der Waals surface area contributed by atoms with Gasteiger partial charge in [0.1, 0.15) is 0 Å². The van der Waals surface area contributed by atoms with Crippen molar-refractivity contribution < 1.29 is 14.3 Å². The average Bonchev–Trinajstić information content (AvgIpc) is 3.16. The zero-order valence-electron chi connectivity index (χ0n) is 16.9. The Morgan fingerprint density at radius 2 is 1.83 bits per heavy atom. The summed E-state index contributed by atoms with van der Waals surface area (Å²) in [5.74, 6) is 5.69. The highest BCUT2D eigenvalue weighted by atomic mass is 32.1. The monoisotopic (exact) mass is 419 g/mol. The number of esters is 1. The molecule has 0 bridgehead atoms. The predicted molar refractivity (Wildman–Crippen MR) is 118 cm³/mol. The van der Waals surface area contributed by atoms with E-state index in [-0.39, 0.29) is 6.03 Å². The first-order valence-corrected chi connectivity index (χ1v) is 10.00. The second kappa shape index (κ2) is 9.72. The zero-order valence-corrected chi connectivity index (χ0v) is 17.7. The Balaban J connectivity index is 1.67. The number of rotatable bonds is 4. The third-order valence-electron chi connectivity index (χ3n) is 4.16. The van der Waals surface area contributed by atoms with Crippen LogP contribution in [0.4, 0.5) is 10.5 Å². The number of aromatic nitrogens is 1. The van der Waals surface area contributed by atoms with Crippen LogP contribution in [0.25, 0.3) is 0 Å². The van der Waals surface area contributed by atoms with Crippen LogP contribution in [0.2, 0.25) is 0 Å². The highest BCUT2D eigenvalue weighted by molar-refractivity contribution is 7.11. The molecule has 3 rings (SSSR count). The number of thiazole rings is 1. The Bertz CT molecular complexity index is 1130. The summed E-state index contributed by atoms with van der Waals surface area (Å²) in [5, 5.41) is 3.86.